The molecule has 2 aromatic carbocycles. The minimum Gasteiger partial charge on any atom is -0.394 e. The summed E-state index contributed by atoms with van der Waals surface area (Å²) in [6, 6.07) is 11.4. The van der Waals surface area contributed by atoms with E-state index in [9.17, 15) is 20.0 Å². The van der Waals surface area contributed by atoms with E-state index < -0.39 is 11.0 Å². The zero-order valence-electron chi connectivity index (χ0n) is 19.3. The summed E-state index contributed by atoms with van der Waals surface area (Å²) in [5.74, 6) is 0.396. The number of nitrogens with zero attached hydrogens (tertiary/aromatic N) is 4. The number of hydrogen-bond acceptors (Lipinski definition) is 7. The Bertz CT molecular complexity index is 1590. The Morgan fingerprint density at radius 1 is 1.22 bits per heavy atom. The Kier molecular flexibility index (Phi) is 6.05. The Morgan fingerprint density at radius 3 is 2.72 bits per heavy atom. The molecule has 0 amide bonds. The van der Waals surface area contributed by atoms with E-state index in [1.807, 2.05) is 29.8 Å². The highest BCUT2D eigenvalue weighted by Crippen LogP contribution is 2.28. The number of aliphatic hydroxyl groups excluding tert-OH is 1. The van der Waals surface area contributed by atoms with Crippen LogP contribution in [0.25, 0.3) is 28.1 Å². The molecule has 0 fully saturated rings. The van der Waals surface area contributed by atoms with E-state index in [0.717, 1.165) is 27.8 Å². The molecule has 5 aromatic rings. The first-order chi connectivity index (χ1) is 17.4. The molecule has 0 aliphatic rings. The van der Waals surface area contributed by atoms with Gasteiger partial charge in [-0.1, -0.05) is 12.1 Å². The summed E-state index contributed by atoms with van der Waals surface area (Å²) in [4.78, 5) is 38.1. The molecule has 0 spiro atoms. The molecule has 0 aliphatic heterocycles. The number of aryl methyl sites for hydroxylation is 1. The SMILES string of the molecule is Cc1cc(-n2ccnc2)cc2[nH]c(-c3c(NC(CO)Cc4ccc([N+](=O)[O-])cc4)cc[nH]c3=O)nc12. The standard InChI is InChI=1S/C25H23N7O4/c1-15-10-19(31-9-8-26-14-31)12-21-23(15)30-24(29-21)22-20(6-7-27-25(22)34)28-17(13-33)11-16-2-4-18(5-3-16)32(35)36/h2-10,12,14,17,33H,11,13H2,1H3,(H,29,30)(H2,27,28,34). The molecule has 0 aliphatic carbocycles. The van der Waals surface area contributed by atoms with Crippen LogP contribution in [0.15, 0.2) is 72.2 Å². The first kappa shape index (κ1) is 23.0. The topological polar surface area (TPSA) is 155 Å². The predicted molar refractivity (Wildman–Crippen MR) is 135 cm³/mol. The van der Waals surface area contributed by atoms with Gasteiger partial charge in [0.1, 0.15) is 11.4 Å². The highest BCUT2D eigenvalue weighted by Gasteiger charge is 2.19. The van der Waals surface area contributed by atoms with Crippen LogP contribution in [0, 0.1) is 17.0 Å². The maximum Gasteiger partial charge on any atom is 0.269 e. The third-order valence-corrected chi connectivity index (χ3v) is 5.97. The molecule has 182 valence electrons. The lowest BCUT2D eigenvalue weighted by Gasteiger charge is -2.19. The maximum atomic E-state index is 12.9. The fourth-order valence-electron chi connectivity index (χ4n) is 4.20. The summed E-state index contributed by atoms with van der Waals surface area (Å²) in [7, 11) is 0. The number of benzene rings is 2. The number of nitrogens with one attached hydrogen (secondary N) is 3. The van der Waals surface area contributed by atoms with Crippen LogP contribution in [0.3, 0.4) is 0 Å². The number of H-pyrrole nitrogens is 2. The fourth-order valence-corrected chi connectivity index (χ4v) is 4.20. The van der Waals surface area contributed by atoms with Gasteiger partial charge in [0, 0.05) is 36.4 Å². The van der Waals surface area contributed by atoms with Crippen molar-refractivity contribution < 1.29 is 10.0 Å². The Balaban J connectivity index is 1.47. The predicted octanol–water partition coefficient (Wildman–Crippen LogP) is 3.34. The van der Waals surface area contributed by atoms with Crippen molar-refractivity contribution >= 4 is 22.4 Å². The lowest BCUT2D eigenvalue weighted by atomic mass is 10.1. The average Bonchev–Trinajstić information content (AvgIpc) is 3.54. The minimum absolute atomic E-state index is 0.000474. The first-order valence-corrected chi connectivity index (χ1v) is 11.2. The summed E-state index contributed by atoms with van der Waals surface area (Å²) >= 11 is 0. The molecule has 5 rings (SSSR count). The molecule has 11 nitrogen and oxygen atoms in total. The second kappa shape index (κ2) is 9.47. The van der Waals surface area contributed by atoms with Crippen LogP contribution in [-0.4, -0.2) is 47.2 Å². The number of fused-ring (bicyclic) bond motifs is 1. The van der Waals surface area contributed by atoms with Crippen molar-refractivity contribution in [1.29, 1.82) is 0 Å². The van der Waals surface area contributed by atoms with Gasteiger partial charge >= 0.3 is 0 Å². The third-order valence-electron chi connectivity index (χ3n) is 5.97. The van der Waals surface area contributed by atoms with E-state index in [4.69, 9.17) is 4.98 Å². The largest absolute Gasteiger partial charge is 0.394 e. The summed E-state index contributed by atoms with van der Waals surface area (Å²) in [5, 5.41) is 24.2. The van der Waals surface area contributed by atoms with E-state index in [2.05, 4.69) is 20.3 Å². The number of hydrogen-bond donors (Lipinski definition) is 4. The smallest absolute Gasteiger partial charge is 0.269 e. The minimum atomic E-state index is -0.457. The van der Waals surface area contributed by atoms with E-state index in [-0.39, 0.29) is 17.9 Å². The van der Waals surface area contributed by atoms with Crippen LogP contribution in [0.4, 0.5) is 11.4 Å². The van der Waals surface area contributed by atoms with Crippen molar-refractivity contribution in [3.8, 4) is 17.1 Å². The lowest BCUT2D eigenvalue weighted by Crippen LogP contribution is -2.28. The molecule has 1 unspecified atom stereocenters. The number of nitro groups is 1. The highest BCUT2D eigenvalue weighted by atomic mass is 16.6. The first-order valence-electron chi connectivity index (χ1n) is 11.2. The quantitative estimate of drug-likeness (QED) is 0.194. The second-order valence-electron chi connectivity index (χ2n) is 8.46. The molecular formula is C25H23N7O4. The maximum absolute atomic E-state index is 12.9. The van der Waals surface area contributed by atoms with Crippen molar-refractivity contribution in [3.05, 3.63) is 99.0 Å². The number of aliphatic hydroxyl groups is 1. The van der Waals surface area contributed by atoms with Crippen LogP contribution in [0.2, 0.25) is 0 Å². The van der Waals surface area contributed by atoms with E-state index in [1.165, 1.54) is 18.3 Å². The Labute approximate surface area is 204 Å². The number of anilines is 1. The van der Waals surface area contributed by atoms with Crippen LogP contribution < -0.4 is 10.9 Å². The van der Waals surface area contributed by atoms with Gasteiger partial charge in [-0.2, -0.15) is 0 Å². The zero-order valence-corrected chi connectivity index (χ0v) is 19.3. The number of aromatic nitrogens is 5. The van der Waals surface area contributed by atoms with Gasteiger partial charge in [0.25, 0.3) is 11.2 Å². The van der Waals surface area contributed by atoms with Crippen LogP contribution >= 0.6 is 0 Å². The number of pyridine rings is 1. The lowest BCUT2D eigenvalue weighted by molar-refractivity contribution is -0.384. The fraction of sp³-hybridized carbons (Fsp3) is 0.160. The molecule has 3 heterocycles. The molecule has 4 N–H and O–H groups in total. The van der Waals surface area contributed by atoms with Crippen LogP contribution in [-0.2, 0) is 6.42 Å². The van der Waals surface area contributed by atoms with Crippen LogP contribution in [0.1, 0.15) is 11.1 Å². The third kappa shape index (κ3) is 4.46. The summed E-state index contributed by atoms with van der Waals surface area (Å²) in [6.07, 6.45) is 7.19. The van der Waals surface area contributed by atoms with Gasteiger partial charge in [-0.15, -0.1) is 0 Å². The normalized spacial score (nSPS) is 12.1. The van der Waals surface area contributed by atoms with Gasteiger partial charge in [0.2, 0.25) is 0 Å². The van der Waals surface area contributed by atoms with Gasteiger partial charge in [-0.25, -0.2) is 9.97 Å². The summed E-state index contributed by atoms with van der Waals surface area (Å²) < 4.78 is 1.89. The summed E-state index contributed by atoms with van der Waals surface area (Å²) in [5.41, 5.74) is 4.67. The van der Waals surface area contributed by atoms with Crippen LogP contribution in [0.5, 0.6) is 0 Å². The Morgan fingerprint density at radius 2 is 2.03 bits per heavy atom. The molecular weight excluding hydrogens is 462 g/mol. The number of imidazole rings is 2. The molecule has 0 bridgehead atoms. The molecule has 36 heavy (non-hydrogen) atoms. The van der Waals surface area contributed by atoms with Crippen molar-refractivity contribution in [2.45, 2.75) is 19.4 Å². The van der Waals surface area contributed by atoms with Crippen molar-refractivity contribution in [2.75, 3.05) is 11.9 Å². The highest BCUT2D eigenvalue weighted by molar-refractivity contribution is 5.86. The Hall–Kier alpha value is -4.77. The van der Waals surface area contributed by atoms with E-state index in [1.54, 1.807) is 30.7 Å². The monoisotopic (exact) mass is 485 g/mol. The van der Waals surface area contributed by atoms with Crippen molar-refractivity contribution in [3.63, 3.8) is 0 Å². The second-order valence-corrected chi connectivity index (χ2v) is 8.46. The van der Waals surface area contributed by atoms with Gasteiger partial charge in [0.15, 0.2) is 0 Å². The molecule has 3 aromatic heterocycles. The number of non-ortho nitro benzene ring substituents is 1. The number of aromatic amines is 2. The van der Waals surface area contributed by atoms with Gasteiger partial charge in [0.05, 0.1) is 40.6 Å². The van der Waals surface area contributed by atoms with E-state index >= 15 is 0 Å². The van der Waals surface area contributed by atoms with Gasteiger partial charge in [-0.3, -0.25) is 14.9 Å². The van der Waals surface area contributed by atoms with Gasteiger partial charge < -0.3 is 25.0 Å². The average molecular weight is 486 g/mol. The van der Waals surface area contributed by atoms with Gasteiger partial charge in [-0.05, 0) is 42.7 Å². The molecule has 0 saturated heterocycles. The number of rotatable bonds is 8. The van der Waals surface area contributed by atoms with E-state index in [0.29, 0.717) is 23.5 Å². The molecule has 0 radical (unpaired) electrons. The zero-order chi connectivity index (χ0) is 25.2. The number of nitro benzene ring substituents is 1. The van der Waals surface area contributed by atoms with Crippen molar-refractivity contribution in [2.24, 2.45) is 0 Å². The molecule has 1 atom stereocenters. The van der Waals surface area contributed by atoms with Crippen molar-refractivity contribution in [1.82, 2.24) is 24.5 Å². The molecule has 11 heteroatoms. The molecule has 0 saturated carbocycles. The summed E-state index contributed by atoms with van der Waals surface area (Å²) in [6.45, 7) is 1.74.